The van der Waals surface area contributed by atoms with Gasteiger partial charge in [0.25, 0.3) is 0 Å². The van der Waals surface area contributed by atoms with Gasteiger partial charge in [-0.25, -0.2) is 4.68 Å². The fourth-order valence-electron chi connectivity index (χ4n) is 2.97. The molecule has 29 heavy (non-hydrogen) atoms. The van der Waals surface area contributed by atoms with Gasteiger partial charge >= 0.3 is 5.97 Å². The van der Waals surface area contributed by atoms with E-state index in [4.69, 9.17) is 32.7 Å². The van der Waals surface area contributed by atoms with Crippen LogP contribution in [0.1, 0.15) is 35.2 Å². The van der Waals surface area contributed by atoms with Gasteiger partial charge in [-0.3, -0.25) is 4.79 Å². The van der Waals surface area contributed by atoms with Crippen molar-refractivity contribution in [1.29, 1.82) is 0 Å². The average molecular weight is 433 g/mol. The molecule has 0 spiro atoms. The summed E-state index contributed by atoms with van der Waals surface area (Å²) in [5.41, 5.74) is 3.61. The van der Waals surface area contributed by atoms with Gasteiger partial charge in [0.15, 0.2) is 6.23 Å². The highest BCUT2D eigenvalue weighted by molar-refractivity contribution is 6.30. The molecule has 1 aromatic heterocycles. The maximum absolute atomic E-state index is 11.4. The van der Waals surface area contributed by atoms with Gasteiger partial charge in [0.1, 0.15) is 0 Å². The predicted octanol–water partition coefficient (Wildman–Crippen LogP) is 5.37. The largest absolute Gasteiger partial charge is 0.469 e. The zero-order valence-corrected chi connectivity index (χ0v) is 17.8. The number of halogens is 2. The van der Waals surface area contributed by atoms with E-state index in [1.165, 1.54) is 7.11 Å². The number of carbonyl (C=O) groups is 1. The first-order chi connectivity index (χ1) is 14.0. The van der Waals surface area contributed by atoms with Crippen LogP contribution in [0, 0.1) is 6.92 Å². The van der Waals surface area contributed by atoms with E-state index in [-0.39, 0.29) is 12.4 Å². The van der Waals surface area contributed by atoms with Crippen molar-refractivity contribution in [3.63, 3.8) is 0 Å². The average Bonchev–Trinajstić information content (AvgIpc) is 3.08. The highest BCUT2D eigenvalue weighted by atomic mass is 35.5. The molecule has 0 saturated heterocycles. The van der Waals surface area contributed by atoms with E-state index in [9.17, 15) is 4.79 Å². The fraction of sp³-hybridized carbons (Fsp3) is 0.273. The molecule has 2 aromatic carbocycles. The summed E-state index contributed by atoms with van der Waals surface area (Å²) in [5.74, 6) is -0.261. The Bertz CT molecular complexity index is 970. The van der Waals surface area contributed by atoms with Crippen molar-refractivity contribution in [2.24, 2.45) is 0 Å². The summed E-state index contributed by atoms with van der Waals surface area (Å²) in [7, 11) is 1.38. The van der Waals surface area contributed by atoms with Crippen LogP contribution in [-0.4, -0.2) is 22.9 Å². The lowest BCUT2D eigenvalue weighted by atomic mass is 10.2. The number of rotatable bonds is 8. The molecule has 1 atom stereocenters. The van der Waals surface area contributed by atoms with Crippen molar-refractivity contribution in [1.82, 2.24) is 9.78 Å². The van der Waals surface area contributed by atoms with Crippen LogP contribution >= 0.6 is 23.2 Å². The van der Waals surface area contributed by atoms with Crippen LogP contribution in [0.5, 0.6) is 0 Å². The summed E-state index contributed by atoms with van der Waals surface area (Å²) in [6, 6.07) is 17.0. The SMILES string of the molecule is COC(=O)CCc1cc(C)n(C(OCc2ccc(Cl)cc2)c2cccc(Cl)c2)n1. The first-order valence-corrected chi connectivity index (χ1v) is 9.95. The lowest BCUT2D eigenvalue weighted by Gasteiger charge is -2.21. The quantitative estimate of drug-likeness (QED) is 0.449. The summed E-state index contributed by atoms with van der Waals surface area (Å²) in [5, 5.41) is 5.97. The van der Waals surface area contributed by atoms with Gasteiger partial charge in [-0.1, -0.05) is 47.5 Å². The first kappa shape index (κ1) is 21.4. The summed E-state index contributed by atoms with van der Waals surface area (Å²) < 4.78 is 12.8. The van der Waals surface area contributed by atoms with E-state index in [0.717, 1.165) is 22.5 Å². The Morgan fingerprint density at radius 2 is 1.86 bits per heavy atom. The van der Waals surface area contributed by atoms with E-state index >= 15 is 0 Å². The van der Waals surface area contributed by atoms with Gasteiger partial charge < -0.3 is 9.47 Å². The third-order valence-corrected chi connectivity index (χ3v) is 4.95. The molecule has 0 aliphatic heterocycles. The summed E-state index contributed by atoms with van der Waals surface area (Å²) >= 11 is 12.2. The molecule has 0 saturated carbocycles. The summed E-state index contributed by atoms with van der Waals surface area (Å²) in [4.78, 5) is 11.4. The van der Waals surface area contributed by atoms with Crippen molar-refractivity contribution >= 4 is 29.2 Å². The molecule has 1 unspecified atom stereocenters. The molecule has 5 nitrogen and oxygen atoms in total. The van der Waals surface area contributed by atoms with Gasteiger partial charge in [-0.15, -0.1) is 0 Å². The number of esters is 1. The fourth-order valence-corrected chi connectivity index (χ4v) is 3.29. The molecule has 0 N–H and O–H groups in total. The first-order valence-electron chi connectivity index (χ1n) is 9.19. The molecule has 3 rings (SSSR count). The molecule has 0 fully saturated rings. The molecule has 0 aliphatic rings. The molecular weight excluding hydrogens is 411 g/mol. The number of hydrogen-bond donors (Lipinski definition) is 0. The second-order valence-corrected chi connectivity index (χ2v) is 7.52. The van der Waals surface area contributed by atoms with Crippen LogP contribution < -0.4 is 0 Å². The Morgan fingerprint density at radius 3 is 2.55 bits per heavy atom. The topological polar surface area (TPSA) is 53.4 Å². The number of methoxy groups -OCH3 is 1. The van der Waals surface area contributed by atoms with Crippen molar-refractivity contribution in [2.45, 2.75) is 32.6 Å². The number of ether oxygens (including phenoxy) is 2. The zero-order valence-electron chi connectivity index (χ0n) is 16.3. The standard InChI is InChI=1S/C22H22Cl2N2O3/c1-15-12-20(10-11-21(27)28-2)25-26(15)22(17-4-3-5-19(24)13-17)29-14-16-6-8-18(23)9-7-16/h3-9,12-13,22H,10-11,14H2,1-2H3. The van der Waals surface area contributed by atoms with Gasteiger partial charge in [0.2, 0.25) is 0 Å². The number of carbonyl (C=O) groups excluding carboxylic acids is 1. The molecule has 1 heterocycles. The van der Waals surface area contributed by atoms with Crippen LogP contribution in [0.3, 0.4) is 0 Å². The number of aromatic nitrogens is 2. The normalized spacial score (nSPS) is 12.0. The van der Waals surface area contributed by atoms with E-state index in [0.29, 0.717) is 23.1 Å². The van der Waals surface area contributed by atoms with Crippen molar-refractivity contribution in [3.8, 4) is 0 Å². The number of benzene rings is 2. The second-order valence-electron chi connectivity index (χ2n) is 6.64. The number of hydrogen-bond acceptors (Lipinski definition) is 4. The highest BCUT2D eigenvalue weighted by Gasteiger charge is 2.19. The van der Waals surface area contributed by atoms with Gasteiger partial charge in [-0.2, -0.15) is 5.10 Å². The Hall–Kier alpha value is -2.34. The highest BCUT2D eigenvalue weighted by Crippen LogP contribution is 2.26. The van der Waals surface area contributed by atoms with Crippen LogP contribution in [0.2, 0.25) is 10.0 Å². The van der Waals surface area contributed by atoms with Crippen molar-refractivity contribution in [3.05, 3.63) is 87.2 Å². The van der Waals surface area contributed by atoms with Crippen LogP contribution in [0.25, 0.3) is 0 Å². The third-order valence-electron chi connectivity index (χ3n) is 4.46. The zero-order chi connectivity index (χ0) is 20.8. The second kappa shape index (κ2) is 9.92. The Balaban J connectivity index is 1.85. The molecule has 3 aromatic rings. The minimum Gasteiger partial charge on any atom is -0.469 e. The maximum Gasteiger partial charge on any atom is 0.305 e. The van der Waals surface area contributed by atoms with E-state index in [1.54, 1.807) is 0 Å². The maximum atomic E-state index is 11.4. The smallest absolute Gasteiger partial charge is 0.305 e. The minimum atomic E-state index is -0.462. The monoisotopic (exact) mass is 432 g/mol. The molecule has 152 valence electrons. The number of aryl methyl sites for hydroxylation is 2. The van der Waals surface area contributed by atoms with Gasteiger partial charge in [0.05, 0.1) is 25.8 Å². The van der Waals surface area contributed by atoms with E-state index in [1.807, 2.05) is 66.2 Å². The molecular formula is C22H22Cl2N2O3. The van der Waals surface area contributed by atoms with Crippen molar-refractivity contribution in [2.75, 3.05) is 7.11 Å². The summed E-state index contributed by atoms with van der Waals surface area (Å²) in [6.45, 7) is 2.34. The molecule has 0 amide bonds. The Labute approximate surface area is 180 Å². The molecule has 7 heteroatoms. The summed E-state index contributed by atoms with van der Waals surface area (Å²) in [6.07, 6.45) is 0.316. The molecule has 0 aliphatic carbocycles. The molecule has 0 bridgehead atoms. The van der Waals surface area contributed by atoms with Crippen LogP contribution in [0.15, 0.2) is 54.6 Å². The van der Waals surface area contributed by atoms with E-state index < -0.39 is 6.23 Å². The van der Waals surface area contributed by atoms with Crippen LogP contribution in [-0.2, 0) is 27.3 Å². The number of nitrogens with zero attached hydrogens (tertiary/aromatic N) is 2. The lowest BCUT2D eigenvalue weighted by molar-refractivity contribution is -0.140. The Morgan fingerprint density at radius 1 is 1.10 bits per heavy atom. The third kappa shape index (κ3) is 5.82. The minimum absolute atomic E-state index is 0.261. The Kier molecular flexibility index (Phi) is 7.31. The predicted molar refractivity (Wildman–Crippen MR) is 113 cm³/mol. The van der Waals surface area contributed by atoms with Gasteiger partial charge in [0, 0.05) is 27.7 Å². The van der Waals surface area contributed by atoms with E-state index in [2.05, 4.69) is 5.10 Å². The van der Waals surface area contributed by atoms with Crippen LogP contribution in [0.4, 0.5) is 0 Å². The van der Waals surface area contributed by atoms with Gasteiger partial charge in [-0.05, 0) is 42.8 Å². The lowest BCUT2D eigenvalue weighted by Crippen LogP contribution is -2.17. The molecule has 0 radical (unpaired) electrons. The van der Waals surface area contributed by atoms with Crippen molar-refractivity contribution < 1.29 is 14.3 Å².